The van der Waals surface area contributed by atoms with Crippen molar-refractivity contribution >= 4 is 16.8 Å². The number of amides is 1. The van der Waals surface area contributed by atoms with Gasteiger partial charge in [0.25, 0.3) is 5.91 Å². The van der Waals surface area contributed by atoms with Gasteiger partial charge in [-0.05, 0) is 37.8 Å². The van der Waals surface area contributed by atoms with Crippen LogP contribution < -0.4 is 5.43 Å². The minimum atomic E-state index is -0.260. The molecule has 2 aromatic rings. The van der Waals surface area contributed by atoms with Crippen molar-refractivity contribution < 1.29 is 4.79 Å². The fourth-order valence-corrected chi connectivity index (χ4v) is 2.98. The number of hydrogen-bond acceptors (Lipinski definition) is 3. The van der Waals surface area contributed by atoms with Crippen LogP contribution in [-0.4, -0.2) is 33.7 Å². The van der Waals surface area contributed by atoms with Crippen molar-refractivity contribution in [2.75, 3.05) is 13.1 Å². The topological polar surface area (TPSA) is 55.2 Å². The van der Waals surface area contributed by atoms with Gasteiger partial charge in [-0.1, -0.05) is 19.1 Å². The maximum Gasteiger partial charge on any atom is 0.278 e. The normalized spacial score (nSPS) is 16.2. The zero-order valence-corrected chi connectivity index (χ0v) is 13.1. The number of fused-ring (bicyclic) bond motifs is 1. The molecule has 116 valence electrons. The smallest absolute Gasteiger partial charge is 0.278 e. The molecule has 0 N–H and O–H groups in total. The van der Waals surface area contributed by atoms with Crippen LogP contribution in [0.4, 0.5) is 0 Å². The third-order valence-corrected chi connectivity index (χ3v) is 4.44. The van der Waals surface area contributed by atoms with E-state index in [-0.39, 0.29) is 17.0 Å². The minimum absolute atomic E-state index is 0.0510. The van der Waals surface area contributed by atoms with Crippen LogP contribution >= 0.6 is 0 Å². The van der Waals surface area contributed by atoms with Gasteiger partial charge in [-0.15, -0.1) is 0 Å². The Hall–Kier alpha value is -2.17. The highest BCUT2D eigenvalue weighted by Gasteiger charge is 2.25. The predicted octanol–water partition coefficient (Wildman–Crippen LogP) is 2.29. The first-order valence-corrected chi connectivity index (χ1v) is 7.91. The second-order valence-corrected chi connectivity index (χ2v) is 5.99. The lowest BCUT2D eigenvalue weighted by Gasteiger charge is -2.30. The first-order chi connectivity index (χ1) is 10.6. The maximum absolute atomic E-state index is 12.7. The first-order valence-electron chi connectivity index (χ1n) is 7.91. The molecule has 1 saturated heterocycles. The number of carbonyl (C=O) groups excluding carboxylic acids is 1. The number of likely N-dealkylation sites (tertiary alicyclic amines) is 1. The molecule has 3 rings (SSSR count). The van der Waals surface area contributed by atoms with Crippen molar-refractivity contribution in [3.05, 3.63) is 40.2 Å². The molecule has 1 amide bonds. The van der Waals surface area contributed by atoms with Crippen LogP contribution in [0.5, 0.6) is 0 Å². The Morgan fingerprint density at radius 1 is 1.27 bits per heavy atom. The highest BCUT2D eigenvalue weighted by Crippen LogP contribution is 2.17. The lowest BCUT2D eigenvalue weighted by molar-refractivity contribution is 0.0687. The monoisotopic (exact) mass is 299 g/mol. The van der Waals surface area contributed by atoms with Crippen LogP contribution in [-0.2, 0) is 6.54 Å². The van der Waals surface area contributed by atoms with Gasteiger partial charge in [0.05, 0.1) is 5.52 Å². The van der Waals surface area contributed by atoms with E-state index in [0.29, 0.717) is 30.9 Å². The third-order valence-electron chi connectivity index (χ3n) is 4.44. The molecule has 1 aliphatic rings. The van der Waals surface area contributed by atoms with Crippen LogP contribution in [0.3, 0.4) is 0 Å². The van der Waals surface area contributed by atoms with E-state index in [1.807, 2.05) is 25.1 Å². The first kappa shape index (κ1) is 14.8. The number of piperidine rings is 1. The molecular weight excluding hydrogens is 278 g/mol. The Labute approximate surface area is 129 Å². The Morgan fingerprint density at radius 3 is 2.64 bits per heavy atom. The number of aryl methyl sites for hydroxylation is 1. The van der Waals surface area contributed by atoms with Crippen LogP contribution in [0, 0.1) is 5.92 Å². The molecule has 0 unspecified atom stereocenters. The summed E-state index contributed by atoms with van der Waals surface area (Å²) in [6.07, 6.45) is 1.97. The molecule has 1 aromatic heterocycles. The molecule has 1 aromatic carbocycles. The standard InChI is InChI=1S/C17H21N3O2/c1-3-20-14-7-5-4-6-13(14)16(21)15(18-20)17(22)19-10-8-12(2)9-11-19/h4-7,12H,3,8-11H2,1-2H3. The Kier molecular flexibility index (Phi) is 3.96. The summed E-state index contributed by atoms with van der Waals surface area (Å²) < 4.78 is 1.73. The molecule has 0 spiro atoms. The van der Waals surface area contributed by atoms with Gasteiger partial charge in [0.1, 0.15) is 0 Å². The van der Waals surface area contributed by atoms with E-state index in [2.05, 4.69) is 12.0 Å². The van der Waals surface area contributed by atoms with Gasteiger partial charge in [0.2, 0.25) is 5.43 Å². The van der Waals surface area contributed by atoms with Gasteiger partial charge >= 0.3 is 0 Å². The zero-order chi connectivity index (χ0) is 15.7. The Morgan fingerprint density at radius 2 is 1.95 bits per heavy atom. The summed E-state index contributed by atoms with van der Waals surface area (Å²) in [6.45, 7) is 6.19. The summed E-state index contributed by atoms with van der Waals surface area (Å²) in [5.41, 5.74) is 0.567. The lowest BCUT2D eigenvalue weighted by atomic mass is 9.99. The minimum Gasteiger partial charge on any atom is -0.337 e. The average Bonchev–Trinajstić information content (AvgIpc) is 2.55. The summed E-state index contributed by atoms with van der Waals surface area (Å²) in [5.74, 6) is 0.408. The summed E-state index contributed by atoms with van der Waals surface area (Å²) in [4.78, 5) is 27.1. The summed E-state index contributed by atoms with van der Waals surface area (Å²) in [7, 11) is 0. The van der Waals surface area contributed by atoms with E-state index < -0.39 is 0 Å². The molecule has 5 nitrogen and oxygen atoms in total. The number of rotatable bonds is 2. The zero-order valence-electron chi connectivity index (χ0n) is 13.1. The Balaban J connectivity index is 2.05. The van der Waals surface area contributed by atoms with Gasteiger partial charge in [-0.3, -0.25) is 14.3 Å². The average molecular weight is 299 g/mol. The van der Waals surface area contributed by atoms with Crippen molar-refractivity contribution in [2.45, 2.75) is 33.2 Å². The highest BCUT2D eigenvalue weighted by atomic mass is 16.2. The molecule has 0 atom stereocenters. The quantitative estimate of drug-likeness (QED) is 0.855. The molecule has 0 radical (unpaired) electrons. The van der Waals surface area contributed by atoms with Gasteiger partial charge in [0.15, 0.2) is 5.69 Å². The second-order valence-electron chi connectivity index (χ2n) is 5.99. The van der Waals surface area contributed by atoms with Crippen molar-refractivity contribution in [3.8, 4) is 0 Å². The van der Waals surface area contributed by atoms with Crippen LogP contribution in [0.25, 0.3) is 10.9 Å². The van der Waals surface area contributed by atoms with E-state index in [4.69, 9.17) is 0 Å². The van der Waals surface area contributed by atoms with Crippen molar-refractivity contribution in [1.29, 1.82) is 0 Å². The van der Waals surface area contributed by atoms with Crippen molar-refractivity contribution in [3.63, 3.8) is 0 Å². The summed E-state index contributed by atoms with van der Waals surface area (Å²) in [6, 6.07) is 7.33. The van der Waals surface area contributed by atoms with E-state index in [1.54, 1.807) is 15.6 Å². The van der Waals surface area contributed by atoms with E-state index in [9.17, 15) is 9.59 Å². The maximum atomic E-state index is 12.7. The van der Waals surface area contributed by atoms with E-state index in [1.165, 1.54) is 0 Å². The SMILES string of the molecule is CCn1nc(C(=O)N2CCC(C)CC2)c(=O)c2ccccc21. The number of nitrogens with zero attached hydrogens (tertiary/aromatic N) is 3. The molecule has 2 heterocycles. The molecular formula is C17H21N3O2. The number of carbonyl (C=O) groups is 1. The number of aromatic nitrogens is 2. The molecule has 0 aliphatic carbocycles. The fourth-order valence-electron chi connectivity index (χ4n) is 2.98. The van der Waals surface area contributed by atoms with Gasteiger partial charge in [-0.25, -0.2) is 0 Å². The van der Waals surface area contributed by atoms with Crippen molar-refractivity contribution in [1.82, 2.24) is 14.7 Å². The molecule has 0 bridgehead atoms. The fraction of sp³-hybridized carbons (Fsp3) is 0.471. The number of benzene rings is 1. The highest BCUT2D eigenvalue weighted by molar-refractivity contribution is 5.95. The van der Waals surface area contributed by atoms with Crippen LogP contribution in [0.2, 0.25) is 0 Å². The van der Waals surface area contributed by atoms with Crippen LogP contribution in [0.1, 0.15) is 37.2 Å². The van der Waals surface area contributed by atoms with E-state index >= 15 is 0 Å². The number of para-hydroxylation sites is 1. The summed E-state index contributed by atoms with van der Waals surface area (Å²) >= 11 is 0. The molecule has 5 heteroatoms. The predicted molar refractivity (Wildman–Crippen MR) is 86.0 cm³/mol. The molecule has 0 saturated carbocycles. The third kappa shape index (κ3) is 2.51. The Bertz CT molecular complexity index is 758. The van der Waals surface area contributed by atoms with Gasteiger partial charge < -0.3 is 4.90 Å². The lowest BCUT2D eigenvalue weighted by Crippen LogP contribution is -2.41. The largest absolute Gasteiger partial charge is 0.337 e. The second kappa shape index (κ2) is 5.91. The molecule has 1 fully saturated rings. The molecule has 22 heavy (non-hydrogen) atoms. The van der Waals surface area contributed by atoms with E-state index in [0.717, 1.165) is 18.4 Å². The molecule has 1 aliphatic heterocycles. The summed E-state index contributed by atoms with van der Waals surface area (Å²) in [5, 5.41) is 4.89. The number of hydrogen-bond donors (Lipinski definition) is 0. The van der Waals surface area contributed by atoms with Crippen LogP contribution in [0.15, 0.2) is 29.1 Å². The van der Waals surface area contributed by atoms with Gasteiger partial charge in [0, 0.05) is 25.0 Å². The van der Waals surface area contributed by atoms with Crippen molar-refractivity contribution in [2.24, 2.45) is 5.92 Å². The van der Waals surface area contributed by atoms with Gasteiger partial charge in [-0.2, -0.15) is 5.10 Å².